The third-order valence-electron chi connectivity index (χ3n) is 4.67. The highest BCUT2D eigenvalue weighted by Gasteiger charge is 2.32. The van der Waals surface area contributed by atoms with E-state index in [0.29, 0.717) is 10.7 Å². The molecule has 0 bridgehead atoms. The molecule has 30 heavy (non-hydrogen) atoms. The Bertz CT molecular complexity index is 1010. The molecule has 5 N–H and O–H groups in total. The van der Waals surface area contributed by atoms with Crippen LogP contribution in [0.4, 0.5) is 11.4 Å². The van der Waals surface area contributed by atoms with Gasteiger partial charge >= 0.3 is 0 Å². The third-order valence-corrected chi connectivity index (χ3v) is 5.07. The van der Waals surface area contributed by atoms with Crippen molar-refractivity contribution in [3.63, 3.8) is 0 Å². The molecule has 1 aliphatic rings. The lowest BCUT2D eigenvalue weighted by atomic mass is 10.2. The van der Waals surface area contributed by atoms with Gasteiger partial charge in [0.1, 0.15) is 23.7 Å². The van der Waals surface area contributed by atoms with Gasteiger partial charge in [-0.25, -0.2) is 10.9 Å². The predicted molar refractivity (Wildman–Crippen MR) is 118 cm³/mol. The molecule has 154 valence electrons. The van der Waals surface area contributed by atoms with Crippen molar-refractivity contribution < 1.29 is 9.53 Å². The molecule has 8 heteroatoms. The van der Waals surface area contributed by atoms with Crippen LogP contribution >= 0.6 is 11.6 Å². The summed E-state index contributed by atoms with van der Waals surface area (Å²) in [5, 5.41) is 6.78. The quantitative estimate of drug-likeness (QED) is 0.414. The molecule has 2 unspecified atom stereocenters. The number of halogens is 1. The number of aryl methyl sites for hydroxylation is 1. The topological polar surface area (TPSA) is 86.5 Å². The second-order valence-electron chi connectivity index (χ2n) is 6.91. The Labute approximate surface area is 179 Å². The predicted octanol–water partition coefficient (Wildman–Crippen LogP) is 3.80. The minimum atomic E-state index is -0.551. The number of nitrogens with one attached hydrogen (secondary N) is 5. The molecule has 3 aromatic carbocycles. The molecule has 4 rings (SSSR count). The number of amides is 1. The van der Waals surface area contributed by atoms with Crippen molar-refractivity contribution in [2.45, 2.75) is 19.1 Å². The van der Waals surface area contributed by atoms with Gasteiger partial charge < -0.3 is 15.4 Å². The monoisotopic (exact) mass is 423 g/mol. The van der Waals surface area contributed by atoms with Gasteiger partial charge in [0.2, 0.25) is 5.91 Å². The summed E-state index contributed by atoms with van der Waals surface area (Å²) in [5.74, 6) is 1.30. The van der Waals surface area contributed by atoms with E-state index in [0.717, 1.165) is 22.7 Å². The largest absolute Gasteiger partial charge is 0.457 e. The van der Waals surface area contributed by atoms with Crippen LogP contribution in [0.5, 0.6) is 11.5 Å². The van der Waals surface area contributed by atoms with Crippen molar-refractivity contribution in [2.75, 3.05) is 10.6 Å². The molecular formula is C22H22ClN5O2. The number of carbonyl (C=O) groups is 1. The van der Waals surface area contributed by atoms with Crippen LogP contribution in [0.2, 0.25) is 5.02 Å². The van der Waals surface area contributed by atoms with Gasteiger partial charge in [-0.3, -0.25) is 4.79 Å². The van der Waals surface area contributed by atoms with Crippen LogP contribution in [0, 0.1) is 6.92 Å². The number of hydrogen-bond donors (Lipinski definition) is 5. The van der Waals surface area contributed by atoms with E-state index < -0.39 is 6.04 Å². The molecule has 0 saturated carbocycles. The number of anilines is 2. The fraction of sp³-hybridized carbons (Fsp3) is 0.136. The first kappa shape index (κ1) is 20.2. The summed E-state index contributed by atoms with van der Waals surface area (Å²) in [6, 6.07) is 22.0. The smallest absolute Gasteiger partial charge is 0.246 e. The van der Waals surface area contributed by atoms with Gasteiger partial charge in [-0.2, -0.15) is 5.53 Å². The maximum atomic E-state index is 12.7. The van der Waals surface area contributed by atoms with Crippen molar-refractivity contribution in [3.05, 3.63) is 83.4 Å². The van der Waals surface area contributed by atoms with Crippen molar-refractivity contribution in [3.8, 4) is 11.5 Å². The van der Waals surface area contributed by atoms with Gasteiger partial charge in [0.25, 0.3) is 0 Å². The first-order valence-electron chi connectivity index (χ1n) is 9.51. The lowest BCUT2D eigenvalue weighted by Gasteiger charge is -2.20. The second kappa shape index (κ2) is 9.15. The molecule has 0 aromatic heterocycles. The molecule has 7 nitrogen and oxygen atoms in total. The van der Waals surface area contributed by atoms with E-state index in [4.69, 9.17) is 16.3 Å². The molecule has 1 amide bonds. The molecule has 3 aromatic rings. The van der Waals surface area contributed by atoms with Crippen LogP contribution in [0.15, 0.2) is 72.8 Å². The summed E-state index contributed by atoms with van der Waals surface area (Å²) in [5.41, 5.74) is 11.2. The van der Waals surface area contributed by atoms with E-state index in [1.165, 1.54) is 0 Å². The Hall–Kier alpha value is -3.10. The second-order valence-corrected chi connectivity index (χ2v) is 7.31. The van der Waals surface area contributed by atoms with Gasteiger partial charge in [0.05, 0.1) is 0 Å². The first-order chi connectivity index (χ1) is 14.6. The number of benzene rings is 3. The first-order valence-corrected chi connectivity index (χ1v) is 9.89. The van der Waals surface area contributed by atoms with E-state index in [2.05, 4.69) is 27.0 Å². The fourth-order valence-electron chi connectivity index (χ4n) is 3.01. The number of carbonyl (C=O) groups excluding carboxylic acids is 1. The van der Waals surface area contributed by atoms with Crippen LogP contribution in [0.1, 0.15) is 5.56 Å². The minimum absolute atomic E-state index is 0.200. The number of para-hydroxylation sites is 1. The number of ether oxygens (including phenoxy) is 1. The molecule has 0 radical (unpaired) electrons. The lowest BCUT2D eigenvalue weighted by molar-refractivity contribution is -0.118. The highest BCUT2D eigenvalue weighted by atomic mass is 35.5. The number of hydrogen-bond acceptors (Lipinski definition) is 6. The zero-order valence-corrected chi connectivity index (χ0v) is 17.0. The van der Waals surface area contributed by atoms with Gasteiger partial charge in [-0.05, 0) is 61.0 Å². The highest BCUT2D eigenvalue weighted by molar-refractivity contribution is 6.31. The maximum absolute atomic E-state index is 12.7. The van der Waals surface area contributed by atoms with Crippen molar-refractivity contribution in [2.24, 2.45) is 0 Å². The Kier molecular flexibility index (Phi) is 6.15. The SMILES string of the molecule is Cc1ccc(NC(=O)C2NNNC2Nc2ccc(Oc3ccccc3)cc2)cc1Cl. The van der Waals surface area contributed by atoms with Gasteiger partial charge in [0.15, 0.2) is 0 Å². The molecule has 1 fully saturated rings. The van der Waals surface area contributed by atoms with Gasteiger partial charge in [-0.1, -0.05) is 35.9 Å². The number of hydrazine groups is 2. The average molecular weight is 424 g/mol. The maximum Gasteiger partial charge on any atom is 0.246 e. The van der Waals surface area contributed by atoms with Crippen LogP contribution in [-0.4, -0.2) is 18.1 Å². The average Bonchev–Trinajstić information content (AvgIpc) is 3.21. The van der Waals surface area contributed by atoms with E-state index >= 15 is 0 Å². The molecule has 1 aliphatic heterocycles. The summed E-state index contributed by atoms with van der Waals surface area (Å²) in [6.07, 6.45) is -0.369. The molecule has 2 atom stereocenters. The Morgan fingerprint density at radius 3 is 2.37 bits per heavy atom. The molecule has 0 aliphatic carbocycles. The fourth-order valence-corrected chi connectivity index (χ4v) is 3.19. The summed E-state index contributed by atoms with van der Waals surface area (Å²) in [7, 11) is 0. The van der Waals surface area contributed by atoms with Crippen molar-refractivity contribution in [1.29, 1.82) is 0 Å². The van der Waals surface area contributed by atoms with Gasteiger partial charge in [-0.15, -0.1) is 0 Å². The van der Waals surface area contributed by atoms with Crippen molar-refractivity contribution in [1.82, 2.24) is 16.4 Å². The molecule has 1 saturated heterocycles. The van der Waals surface area contributed by atoms with E-state index in [9.17, 15) is 4.79 Å². The van der Waals surface area contributed by atoms with E-state index in [1.54, 1.807) is 6.07 Å². The lowest BCUT2D eigenvalue weighted by Crippen LogP contribution is -2.47. The van der Waals surface area contributed by atoms with E-state index in [-0.39, 0.29) is 12.1 Å². The van der Waals surface area contributed by atoms with Gasteiger partial charge in [0, 0.05) is 16.4 Å². The summed E-state index contributed by atoms with van der Waals surface area (Å²) < 4.78 is 5.80. The van der Waals surface area contributed by atoms with Crippen LogP contribution in [0.25, 0.3) is 0 Å². The summed E-state index contributed by atoms with van der Waals surface area (Å²) in [6.45, 7) is 1.91. The Morgan fingerprint density at radius 2 is 1.63 bits per heavy atom. The minimum Gasteiger partial charge on any atom is -0.457 e. The van der Waals surface area contributed by atoms with E-state index in [1.807, 2.05) is 73.7 Å². The molecule has 0 spiro atoms. The zero-order chi connectivity index (χ0) is 20.9. The summed E-state index contributed by atoms with van der Waals surface area (Å²) >= 11 is 6.14. The van der Waals surface area contributed by atoms with Crippen LogP contribution in [0.3, 0.4) is 0 Å². The molecular weight excluding hydrogens is 402 g/mol. The van der Waals surface area contributed by atoms with Crippen molar-refractivity contribution >= 4 is 28.9 Å². The third kappa shape index (κ3) is 4.90. The Morgan fingerprint density at radius 1 is 0.933 bits per heavy atom. The standard InChI is InChI=1S/C22H22ClN5O2/c1-14-7-8-16(13-19(14)23)25-22(29)20-21(27-28-26-20)24-15-9-11-18(12-10-15)30-17-5-3-2-4-6-17/h2-13,20-21,24,26-28H,1H3,(H,25,29). The number of rotatable bonds is 6. The highest BCUT2D eigenvalue weighted by Crippen LogP contribution is 2.23. The normalized spacial score (nSPS) is 18.1. The van der Waals surface area contributed by atoms with Crippen LogP contribution in [-0.2, 0) is 4.79 Å². The molecule has 1 heterocycles. The summed E-state index contributed by atoms with van der Waals surface area (Å²) in [4.78, 5) is 12.7. The zero-order valence-electron chi connectivity index (χ0n) is 16.3. The van der Waals surface area contributed by atoms with Crippen LogP contribution < -0.4 is 31.8 Å². The Balaban J connectivity index is 1.37.